The van der Waals surface area contributed by atoms with E-state index in [4.69, 9.17) is 4.74 Å². The summed E-state index contributed by atoms with van der Waals surface area (Å²) in [6.07, 6.45) is 6.43. The zero-order valence-corrected chi connectivity index (χ0v) is 16.8. The number of pyridine rings is 1. The zero-order valence-electron chi connectivity index (χ0n) is 16.8. The van der Waals surface area contributed by atoms with Crippen molar-refractivity contribution in [2.45, 2.75) is 52.6 Å². The second-order valence-corrected chi connectivity index (χ2v) is 6.96. The fraction of sp³-hybridized carbons (Fsp3) is 0.545. The molecule has 1 aromatic heterocycles. The van der Waals surface area contributed by atoms with Crippen LogP contribution in [0.4, 0.5) is 0 Å². The van der Waals surface area contributed by atoms with Crippen molar-refractivity contribution in [2.75, 3.05) is 26.2 Å². The van der Waals surface area contributed by atoms with Crippen molar-refractivity contribution >= 4 is 17.0 Å². The first-order valence-corrected chi connectivity index (χ1v) is 10.3. The Kier molecular flexibility index (Phi) is 6.67. The number of rotatable bonds is 4. The van der Waals surface area contributed by atoms with Gasteiger partial charge < -0.3 is 14.6 Å². The summed E-state index contributed by atoms with van der Waals surface area (Å²) in [4.78, 5) is 22.2. The van der Waals surface area contributed by atoms with Crippen LogP contribution in [0.3, 0.4) is 0 Å². The van der Waals surface area contributed by atoms with Crippen LogP contribution in [-0.2, 0) is 0 Å². The van der Waals surface area contributed by atoms with Gasteiger partial charge in [0.2, 0.25) is 0 Å². The summed E-state index contributed by atoms with van der Waals surface area (Å²) in [6.45, 7) is 10.4. The molecule has 146 valence electrons. The summed E-state index contributed by atoms with van der Waals surface area (Å²) in [5.41, 5.74) is 0.774. The van der Waals surface area contributed by atoms with Crippen LogP contribution in [0.5, 0.6) is 5.75 Å². The lowest BCUT2D eigenvalue weighted by Gasteiger charge is -2.31. The molecular weight excluding hydrogens is 338 g/mol. The van der Waals surface area contributed by atoms with Crippen LogP contribution in [0.15, 0.2) is 28.0 Å². The number of fused-ring (bicyclic) bond motifs is 3. The van der Waals surface area contributed by atoms with E-state index in [1.54, 1.807) is 0 Å². The smallest absolute Gasteiger partial charge is 0.257 e. The van der Waals surface area contributed by atoms with Crippen LogP contribution in [-0.4, -0.2) is 42.2 Å². The van der Waals surface area contributed by atoms with Crippen LogP contribution in [0.1, 0.15) is 46.5 Å². The van der Waals surface area contributed by atoms with Gasteiger partial charge in [-0.2, -0.15) is 0 Å². The second-order valence-electron chi connectivity index (χ2n) is 6.96. The number of aromatic nitrogens is 1. The first kappa shape index (κ1) is 19.6. The summed E-state index contributed by atoms with van der Waals surface area (Å²) >= 11 is 0. The van der Waals surface area contributed by atoms with Gasteiger partial charge in [0, 0.05) is 25.0 Å². The molecule has 5 heteroatoms. The average Bonchev–Trinajstić information content (AvgIpc) is 2.72. The molecule has 2 aliphatic rings. The van der Waals surface area contributed by atoms with Gasteiger partial charge in [0.25, 0.3) is 5.56 Å². The molecule has 1 saturated heterocycles. The third-order valence-corrected chi connectivity index (χ3v) is 5.12. The highest BCUT2D eigenvalue weighted by Crippen LogP contribution is 2.21. The van der Waals surface area contributed by atoms with E-state index in [9.17, 15) is 4.79 Å². The molecule has 1 fully saturated rings. The van der Waals surface area contributed by atoms with E-state index in [-0.39, 0.29) is 11.7 Å². The van der Waals surface area contributed by atoms with Crippen LogP contribution in [0.2, 0.25) is 0 Å². The molecule has 0 aliphatic carbocycles. The van der Waals surface area contributed by atoms with E-state index < -0.39 is 0 Å². The molecule has 4 rings (SSSR count). The normalized spacial score (nSPS) is 17.3. The minimum atomic E-state index is -0.0529. The number of hydrogen-bond acceptors (Lipinski definition) is 4. The summed E-state index contributed by atoms with van der Waals surface area (Å²) in [6, 6.07) is 5.92. The van der Waals surface area contributed by atoms with E-state index in [1.807, 2.05) is 38.1 Å². The number of hydrogen-bond donors (Lipinski definition) is 1. The first-order chi connectivity index (χ1) is 13.2. The average molecular weight is 370 g/mol. The van der Waals surface area contributed by atoms with E-state index in [0.717, 1.165) is 60.9 Å². The van der Waals surface area contributed by atoms with E-state index in [1.165, 1.54) is 13.0 Å². The Morgan fingerprint density at radius 3 is 2.78 bits per heavy atom. The number of likely N-dealkylation sites (tertiary alicyclic amines) is 1. The minimum Gasteiger partial charge on any atom is -0.490 e. The topological polar surface area (TPSA) is 57.7 Å². The molecule has 5 nitrogen and oxygen atoms in total. The van der Waals surface area contributed by atoms with Crippen molar-refractivity contribution in [1.82, 2.24) is 9.88 Å². The van der Waals surface area contributed by atoms with Gasteiger partial charge >= 0.3 is 0 Å². The standard InChI is InChI=1S/C20H25N3O2.C2H6/c1-2-10-23-11-7-14(8-12-23)25-15-5-6-18-17(13-15)19-16(20(24)22-18)4-3-9-21-19;1-2/h4-6,13-14H,2-3,7-12H2,1H3,(H,22,24);1-2H3. The van der Waals surface area contributed by atoms with Gasteiger partial charge in [-0.25, -0.2) is 0 Å². The van der Waals surface area contributed by atoms with Crippen molar-refractivity contribution in [1.29, 1.82) is 0 Å². The number of ether oxygens (including phenoxy) is 1. The lowest BCUT2D eigenvalue weighted by atomic mass is 10.1. The third kappa shape index (κ3) is 4.41. The molecule has 1 aromatic carbocycles. The number of nitrogens with zero attached hydrogens (tertiary/aromatic N) is 2. The Morgan fingerprint density at radius 2 is 2.04 bits per heavy atom. The summed E-state index contributed by atoms with van der Waals surface area (Å²) in [5.74, 6) is 0.872. The fourth-order valence-corrected chi connectivity index (χ4v) is 3.85. The molecule has 2 aromatic rings. The molecule has 0 amide bonds. The van der Waals surface area contributed by atoms with Crippen molar-refractivity contribution in [2.24, 2.45) is 4.99 Å². The van der Waals surface area contributed by atoms with E-state index in [2.05, 4.69) is 21.8 Å². The van der Waals surface area contributed by atoms with Crippen molar-refractivity contribution in [3.05, 3.63) is 39.1 Å². The fourth-order valence-electron chi connectivity index (χ4n) is 3.85. The van der Waals surface area contributed by atoms with E-state index >= 15 is 0 Å². The van der Waals surface area contributed by atoms with Crippen LogP contribution >= 0.6 is 0 Å². The van der Waals surface area contributed by atoms with Gasteiger partial charge in [0.1, 0.15) is 11.9 Å². The van der Waals surface area contributed by atoms with Gasteiger partial charge in [-0.15, -0.1) is 0 Å². The Balaban J connectivity index is 0.00000102. The molecule has 0 atom stereocenters. The predicted octanol–water partition coefficient (Wildman–Crippen LogP) is 2.61. The second kappa shape index (κ2) is 9.18. The summed E-state index contributed by atoms with van der Waals surface area (Å²) in [5, 5.41) is 2.49. The molecule has 27 heavy (non-hydrogen) atoms. The van der Waals surface area contributed by atoms with Crippen molar-refractivity contribution < 1.29 is 4.74 Å². The molecule has 2 aliphatic heterocycles. The van der Waals surface area contributed by atoms with Gasteiger partial charge in [-0.1, -0.05) is 26.8 Å². The molecule has 0 radical (unpaired) electrons. The molecule has 0 spiro atoms. The number of benzene rings is 1. The minimum absolute atomic E-state index is 0.0529. The van der Waals surface area contributed by atoms with Crippen LogP contribution in [0.25, 0.3) is 17.0 Å². The Hall–Kier alpha value is -2.14. The quantitative estimate of drug-likeness (QED) is 0.901. The van der Waals surface area contributed by atoms with Gasteiger partial charge in [0.05, 0.1) is 16.1 Å². The summed E-state index contributed by atoms with van der Waals surface area (Å²) < 4.78 is 6.24. The van der Waals surface area contributed by atoms with Crippen LogP contribution in [0, 0.1) is 0 Å². The maximum Gasteiger partial charge on any atom is 0.257 e. The molecule has 0 unspecified atom stereocenters. The Labute approximate surface area is 160 Å². The molecule has 0 bridgehead atoms. The maximum absolute atomic E-state index is 12.2. The highest BCUT2D eigenvalue weighted by molar-refractivity contribution is 5.79. The lowest BCUT2D eigenvalue weighted by molar-refractivity contribution is 0.101. The lowest BCUT2D eigenvalue weighted by Crippen LogP contribution is -2.43. The van der Waals surface area contributed by atoms with Gasteiger partial charge in [0.15, 0.2) is 0 Å². The van der Waals surface area contributed by atoms with Gasteiger partial charge in [-0.3, -0.25) is 9.79 Å². The highest BCUT2D eigenvalue weighted by Gasteiger charge is 2.20. The number of piperidine rings is 1. The van der Waals surface area contributed by atoms with Gasteiger partial charge in [-0.05, 0) is 50.4 Å². The van der Waals surface area contributed by atoms with Crippen molar-refractivity contribution in [3.63, 3.8) is 0 Å². The molecule has 3 heterocycles. The number of H-pyrrole nitrogens is 1. The maximum atomic E-state index is 12.2. The molecule has 0 saturated carbocycles. The number of nitrogens with one attached hydrogen (secondary N) is 1. The zero-order chi connectivity index (χ0) is 19.2. The predicted molar refractivity (Wildman–Crippen MR) is 111 cm³/mol. The van der Waals surface area contributed by atoms with Crippen molar-refractivity contribution in [3.8, 4) is 5.75 Å². The highest BCUT2D eigenvalue weighted by atomic mass is 16.5. The molecule has 1 N–H and O–H groups in total. The molecular formula is C22H31N3O2. The van der Waals surface area contributed by atoms with E-state index in [0.29, 0.717) is 5.22 Å². The first-order valence-electron chi connectivity index (χ1n) is 10.3. The SMILES string of the molecule is CC.CCCN1CCC(Oc2ccc3[nH]c(=O)c4c(c3c2)=NCCC=4)CC1. The Morgan fingerprint density at radius 1 is 1.26 bits per heavy atom. The third-order valence-electron chi connectivity index (χ3n) is 5.12. The van der Waals surface area contributed by atoms with Crippen LogP contribution < -0.4 is 20.9 Å². The largest absolute Gasteiger partial charge is 0.490 e. The monoisotopic (exact) mass is 369 g/mol. The Bertz CT molecular complexity index is 940. The summed E-state index contributed by atoms with van der Waals surface area (Å²) in [7, 11) is 0. The number of aromatic amines is 1.